The smallest absolute Gasteiger partial charge is 0.186 e. The van der Waals surface area contributed by atoms with Crippen LogP contribution in [0.25, 0.3) is 17.3 Å². The maximum atomic E-state index is 4.87. The van der Waals surface area contributed by atoms with E-state index in [1.54, 1.807) is 16.2 Å². The van der Waals surface area contributed by atoms with E-state index in [-0.39, 0.29) is 0 Å². The number of nitrogens with zero attached hydrogens (tertiary/aromatic N) is 2. The Morgan fingerprint density at radius 3 is 2.52 bits per heavy atom. The SMILES string of the molecule is Brc1ccc(-c2csc(N3CC[NH+](C/C=C/c4ccccc4)CC3)n2)cc1. The quantitative estimate of drug-likeness (QED) is 0.647. The minimum atomic E-state index is 1.07. The van der Waals surface area contributed by atoms with Gasteiger partial charge in [0, 0.05) is 15.4 Å². The third-order valence-electron chi connectivity index (χ3n) is 4.89. The Bertz CT molecular complexity index is 881. The monoisotopic (exact) mass is 440 g/mol. The number of hydrogen-bond donors (Lipinski definition) is 1. The minimum absolute atomic E-state index is 1.07. The lowest BCUT2D eigenvalue weighted by molar-refractivity contribution is -0.894. The van der Waals surface area contributed by atoms with E-state index in [4.69, 9.17) is 4.98 Å². The van der Waals surface area contributed by atoms with E-state index in [1.165, 1.54) is 11.1 Å². The second-order valence-electron chi connectivity index (χ2n) is 6.78. The van der Waals surface area contributed by atoms with Crippen LogP contribution in [0, 0.1) is 0 Å². The van der Waals surface area contributed by atoms with Gasteiger partial charge in [-0.2, -0.15) is 0 Å². The molecule has 1 fully saturated rings. The fraction of sp³-hybridized carbons (Fsp3) is 0.227. The van der Waals surface area contributed by atoms with Crippen molar-refractivity contribution >= 4 is 38.5 Å². The Hall–Kier alpha value is -1.95. The van der Waals surface area contributed by atoms with Gasteiger partial charge in [0.05, 0.1) is 38.4 Å². The van der Waals surface area contributed by atoms with E-state index in [0.29, 0.717) is 0 Å². The molecule has 2 aromatic carbocycles. The first-order chi connectivity index (χ1) is 13.3. The first-order valence-electron chi connectivity index (χ1n) is 9.29. The van der Waals surface area contributed by atoms with Crippen LogP contribution in [-0.2, 0) is 0 Å². The van der Waals surface area contributed by atoms with Crippen molar-refractivity contribution in [3.8, 4) is 11.3 Å². The Balaban J connectivity index is 1.30. The predicted octanol–water partition coefficient (Wildman–Crippen LogP) is 3.99. The van der Waals surface area contributed by atoms with Crippen molar-refractivity contribution in [2.75, 3.05) is 37.6 Å². The summed E-state index contributed by atoms with van der Waals surface area (Å²) in [6, 6.07) is 18.9. The number of halogens is 1. The molecule has 4 rings (SSSR count). The van der Waals surface area contributed by atoms with Gasteiger partial charge in [-0.25, -0.2) is 4.98 Å². The van der Waals surface area contributed by atoms with Gasteiger partial charge in [0.15, 0.2) is 5.13 Å². The minimum Gasteiger partial charge on any atom is -0.337 e. The van der Waals surface area contributed by atoms with E-state index < -0.39 is 0 Å². The zero-order valence-electron chi connectivity index (χ0n) is 15.1. The molecule has 0 amide bonds. The van der Waals surface area contributed by atoms with Crippen LogP contribution in [0.3, 0.4) is 0 Å². The largest absolute Gasteiger partial charge is 0.337 e. The van der Waals surface area contributed by atoms with Crippen LogP contribution >= 0.6 is 27.3 Å². The third-order valence-corrected chi connectivity index (χ3v) is 6.32. The highest BCUT2D eigenvalue weighted by Crippen LogP contribution is 2.28. The fourth-order valence-electron chi connectivity index (χ4n) is 3.31. The molecular formula is C22H23BrN3S+. The molecule has 0 atom stereocenters. The lowest BCUT2D eigenvalue weighted by Crippen LogP contribution is -3.14. The first-order valence-corrected chi connectivity index (χ1v) is 11.0. The molecule has 3 aromatic rings. The van der Waals surface area contributed by atoms with Gasteiger partial charge in [-0.05, 0) is 23.8 Å². The van der Waals surface area contributed by atoms with Gasteiger partial charge in [-0.3, -0.25) is 0 Å². The number of quaternary nitrogens is 1. The van der Waals surface area contributed by atoms with Gasteiger partial charge in [0.2, 0.25) is 0 Å². The Morgan fingerprint density at radius 1 is 1.04 bits per heavy atom. The van der Waals surface area contributed by atoms with Crippen LogP contribution in [0.4, 0.5) is 5.13 Å². The summed E-state index contributed by atoms with van der Waals surface area (Å²) in [7, 11) is 0. The molecule has 2 heterocycles. The molecule has 0 radical (unpaired) electrons. The molecule has 1 aliphatic rings. The van der Waals surface area contributed by atoms with Crippen molar-refractivity contribution in [3.63, 3.8) is 0 Å². The molecule has 0 saturated carbocycles. The zero-order valence-corrected chi connectivity index (χ0v) is 17.5. The van der Waals surface area contributed by atoms with Crippen LogP contribution in [0.2, 0.25) is 0 Å². The fourth-order valence-corrected chi connectivity index (χ4v) is 4.46. The number of anilines is 1. The van der Waals surface area contributed by atoms with Gasteiger partial charge < -0.3 is 9.80 Å². The standard InChI is InChI=1S/C22H22BrN3S/c23-20-10-8-19(9-11-20)21-17-27-22(24-21)26-15-13-25(14-16-26)12-4-7-18-5-2-1-3-6-18/h1-11,17H,12-16H2/p+1/b7-4+. The molecule has 27 heavy (non-hydrogen) atoms. The van der Waals surface area contributed by atoms with E-state index in [1.807, 2.05) is 0 Å². The molecular weight excluding hydrogens is 418 g/mol. The summed E-state index contributed by atoms with van der Waals surface area (Å²) in [5.41, 5.74) is 3.53. The van der Waals surface area contributed by atoms with Crippen molar-refractivity contribution in [1.29, 1.82) is 0 Å². The molecule has 138 valence electrons. The van der Waals surface area contributed by atoms with Gasteiger partial charge in [0.25, 0.3) is 0 Å². The highest BCUT2D eigenvalue weighted by Gasteiger charge is 2.21. The summed E-state index contributed by atoms with van der Waals surface area (Å²) in [6.45, 7) is 5.55. The van der Waals surface area contributed by atoms with Gasteiger partial charge in [-0.15, -0.1) is 11.3 Å². The van der Waals surface area contributed by atoms with Crippen molar-refractivity contribution in [2.24, 2.45) is 0 Å². The zero-order chi connectivity index (χ0) is 18.5. The number of aromatic nitrogens is 1. The number of hydrogen-bond acceptors (Lipinski definition) is 3. The number of piperazine rings is 1. The topological polar surface area (TPSA) is 20.6 Å². The van der Waals surface area contributed by atoms with Crippen molar-refractivity contribution in [2.45, 2.75) is 0 Å². The summed E-state index contributed by atoms with van der Waals surface area (Å²) in [5, 5.41) is 3.31. The van der Waals surface area contributed by atoms with Gasteiger partial charge in [-0.1, -0.05) is 64.5 Å². The van der Waals surface area contributed by atoms with Gasteiger partial charge >= 0.3 is 0 Å². The van der Waals surface area contributed by atoms with Crippen LogP contribution in [0.5, 0.6) is 0 Å². The number of thiazole rings is 1. The van der Waals surface area contributed by atoms with Crippen molar-refractivity contribution in [3.05, 3.63) is 76.1 Å². The van der Waals surface area contributed by atoms with Crippen LogP contribution in [-0.4, -0.2) is 37.7 Å². The van der Waals surface area contributed by atoms with Crippen LogP contribution in [0.1, 0.15) is 5.56 Å². The summed E-state index contributed by atoms with van der Waals surface area (Å²) >= 11 is 5.24. The average Bonchev–Trinajstić information content (AvgIpc) is 3.20. The highest BCUT2D eigenvalue weighted by atomic mass is 79.9. The molecule has 1 aliphatic heterocycles. The molecule has 1 aromatic heterocycles. The molecule has 0 aliphatic carbocycles. The lowest BCUT2D eigenvalue weighted by Gasteiger charge is -2.31. The summed E-state index contributed by atoms with van der Waals surface area (Å²) in [5.74, 6) is 0. The van der Waals surface area contributed by atoms with Crippen molar-refractivity contribution in [1.82, 2.24) is 4.98 Å². The number of benzene rings is 2. The Labute approximate surface area is 173 Å². The highest BCUT2D eigenvalue weighted by molar-refractivity contribution is 9.10. The molecule has 3 nitrogen and oxygen atoms in total. The summed E-state index contributed by atoms with van der Waals surface area (Å²) < 4.78 is 1.10. The number of nitrogens with one attached hydrogen (secondary N) is 1. The molecule has 5 heteroatoms. The molecule has 0 unspecified atom stereocenters. The summed E-state index contributed by atoms with van der Waals surface area (Å²) in [6.07, 6.45) is 4.53. The van der Waals surface area contributed by atoms with E-state index >= 15 is 0 Å². The van der Waals surface area contributed by atoms with Crippen LogP contribution in [0.15, 0.2) is 70.5 Å². The normalized spacial score (nSPS) is 15.5. The van der Waals surface area contributed by atoms with Gasteiger partial charge in [0.1, 0.15) is 0 Å². The van der Waals surface area contributed by atoms with E-state index in [0.717, 1.165) is 48.0 Å². The van der Waals surface area contributed by atoms with E-state index in [2.05, 4.69) is 93.0 Å². The Kier molecular flexibility index (Phi) is 6.02. The summed E-state index contributed by atoms with van der Waals surface area (Å²) in [4.78, 5) is 8.94. The maximum absolute atomic E-state index is 4.87. The molecule has 0 spiro atoms. The number of rotatable bonds is 5. The Morgan fingerprint density at radius 2 is 1.78 bits per heavy atom. The van der Waals surface area contributed by atoms with E-state index in [9.17, 15) is 0 Å². The van der Waals surface area contributed by atoms with Crippen molar-refractivity contribution < 1.29 is 4.90 Å². The van der Waals surface area contributed by atoms with Crippen LogP contribution < -0.4 is 9.80 Å². The second-order valence-corrected chi connectivity index (χ2v) is 8.53. The molecule has 1 saturated heterocycles. The average molecular weight is 441 g/mol. The first kappa shape index (κ1) is 18.4. The second kappa shape index (κ2) is 8.83. The maximum Gasteiger partial charge on any atom is 0.186 e. The lowest BCUT2D eigenvalue weighted by atomic mass is 10.2. The predicted molar refractivity (Wildman–Crippen MR) is 119 cm³/mol. The third kappa shape index (κ3) is 4.86. The molecule has 1 N–H and O–H groups in total. The molecule has 0 bridgehead atoms.